The molecule has 0 saturated carbocycles. The number of allylic oxidation sites excluding steroid dienone is 3. The average Bonchev–Trinajstić information content (AvgIpc) is 2.77. The van der Waals surface area contributed by atoms with Gasteiger partial charge in [0.2, 0.25) is 0 Å². The SMILES string of the molecule is O=c1oc2ccccc2cc1-c1nc2c(s1)CC=CC=C2. The highest BCUT2D eigenvalue weighted by atomic mass is 32.1. The van der Waals surface area contributed by atoms with E-state index in [4.69, 9.17) is 4.42 Å². The van der Waals surface area contributed by atoms with Gasteiger partial charge in [0.1, 0.15) is 10.6 Å². The Morgan fingerprint density at radius 2 is 2.10 bits per heavy atom. The fourth-order valence-electron chi connectivity index (χ4n) is 2.37. The van der Waals surface area contributed by atoms with Gasteiger partial charge in [-0.15, -0.1) is 11.3 Å². The lowest BCUT2D eigenvalue weighted by Gasteiger charge is -1.98. The average molecular weight is 293 g/mol. The van der Waals surface area contributed by atoms with Gasteiger partial charge in [0.25, 0.3) is 0 Å². The molecule has 0 N–H and O–H groups in total. The van der Waals surface area contributed by atoms with Crippen LogP contribution < -0.4 is 5.63 Å². The van der Waals surface area contributed by atoms with Crippen LogP contribution in [0.4, 0.5) is 0 Å². The van der Waals surface area contributed by atoms with E-state index < -0.39 is 0 Å². The molecule has 0 bridgehead atoms. The molecule has 0 aliphatic heterocycles. The Labute approximate surface area is 124 Å². The van der Waals surface area contributed by atoms with E-state index in [1.54, 1.807) is 17.4 Å². The molecule has 1 aromatic carbocycles. The molecule has 0 unspecified atom stereocenters. The van der Waals surface area contributed by atoms with Crippen LogP contribution >= 0.6 is 11.3 Å². The molecule has 1 aliphatic carbocycles. The summed E-state index contributed by atoms with van der Waals surface area (Å²) in [5, 5.41) is 1.63. The Kier molecular flexibility index (Phi) is 2.82. The van der Waals surface area contributed by atoms with Gasteiger partial charge in [-0.2, -0.15) is 0 Å². The number of fused-ring (bicyclic) bond motifs is 2. The second-order valence-electron chi connectivity index (χ2n) is 4.80. The summed E-state index contributed by atoms with van der Waals surface area (Å²) in [4.78, 5) is 17.9. The lowest BCUT2D eigenvalue weighted by Crippen LogP contribution is -2.02. The van der Waals surface area contributed by atoms with Crippen LogP contribution in [0.25, 0.3) is 27.6 Å². The number of hydrogen-bond donors (Lipinski definition) is 0. The lowest BCUT2D eigenvalue weighted by atomic mass is 10.2. The number of rotatable bonds is 1. The molecular formula is C17H11NO2S. The molecule has 1 aliphatic rings. The highest BCUT2D eigenvalue weighted by Gasteiger charge is 2.15. The zero-order valence-electron chi connectivity index (χ0n) is 11.1. The van der Waals surface area contributed by atoms with E-state index in [1.165, 1.54) is 4.88 Å². The maximum Gasteiger partial charge on any atom is 0.346 e. The van der Waals surface area contributed by atoms with Gasteiger partial charge in [0.05, 0.1) is 11.3 Å². The predicted octanol–water partition coefficient (Wildman–Crippen LogP) is 4.04. The van der Waals surface area contributed by atoms with Gasteiger partial charge in [-0.25, -0.2) is 9.78 Å². The molecule has 3 nitrogen and oxygen atoms in total. The van der Waals surface area contributed by atoms with Crippen molar-refractivity contribution in [1.82, 2.24) is 4.98 Å². The summed E-state index contributed by atoms with van der Waals surface area (Å²) in [7, 11) is 0. The molecule has 0 radical (unpaired) electrons. The predicted molar refractivity (Wildman–Crippen MR) is 85.5 cm³/mol. The van der Waals surface area contributed by atoms with E-state index in [-0.39, 0.29) is 5.63 Å². The van der Waals surface area contributed by atoms with Gasteiger partial charge in [-0.1, -0.05) is 36.4 Å². The highest BCUT2D eigenvalue weighted by molar-refractivity contribution is 7.15. The minimum Gasteiger partial charge on any atom is -0.422 e. The molecule has 0 fully saturated rings. The van der Waals surface area contributed by atoms with Gasteiger partial charge in [-0.3, -0.25) is 0 Å². The highest BCUT2D eigenvalue weighted by Crippen LogP contribution is 2.30. The third kappa shape index (κ3) is 2.14. The minimum absolute atomic E-state index is 0.336. The second-order valence-corrected chi connectivity index (χ2v) is 5.89. The van der Waals surface area contributed by atoms with Crippen molar-refractivity contribution in [1.29, 1.82) is 0 Å². The van der Waals surface area contributed by atoms with Crippen LogP contribution in [0.1, 0.15) is 10.6 Å². The molecule has 4 heteroatoms. The Morgan fingerprint density at radius 3 is 3.05 bits per heavy atom. The Morgan fingerprint density at radius 1 is 1.19 bits per heavy atom. The quantitative estimate of drug-likeness (QED) is 0.636. The van der Waals surface area contributed by atoms with Crippen LogP contribution in [0.3, 0.4) is 0 Å². The third-order valence-electron chi connectivity index (χ3n) is 3.40. The van der Waals surface area contributed by atoms with Gasteiger partial charge in [-0.05, 0) is 18.2 Å². The molecule has 21 heavy (non-hydrogen) atoms. The number of benzene rings is 1. The summed E-state index contributed by atoms with van der Waals surface area (Å²) in [5.41, 5.74) is 1.74. The number of thiazole rings is 1. The molecule has 0 amide bonds. The van der Waals surface area contributed by atoms with Crippen molar-refractivity contribution in [2.45, 2.75) is 6.42 Å². The van der Waals surface area contributed by atoms with Crippen molar-refractivity contribution in [3.8, 4) is 10.6 Å². The lowest BCUT2D eigenvalue weighted by molar-refractivity contribution is 0.563. The maximum atomic E-state index is 12.2. The topological polar surface area (TPSA) is 43.1 Å². The Balaban J connectivity index is 1.91. The first-order chi connectivity index (χ1) is 10.3. The van der Waals surface area contributed by atoms with Crippen molar-refractivity contribution in [3.05, 3.63) is 69.6 Å². The van der Waals surface area contributed by atoms with Crippen LogP contribution in [0.15, 0.2) is 57.8 Å². The minimum atomic E-state index is -0.336. The van der Waals surface area contributed by atoms with Gasteiger partial charge < -0.3 is 4.42 Å². The first kappa shape index (κ1) is 12.3. The first-order valence-corrected chi connectivity index (χ1v) is 7.49. The van der Waals surface area contributed by atoms with Crippen LogP contribution in [0.2, 0.25) is 0 Å². The monoisotopic (exact) mass is 293 g/mol. The molecule has 0 atom stereocenters. The number of nitrogens with zero attached hydrogens (tertiary/aromatic N) is 1. The molecular weight excluding hydrogens is 282 g/mol. The Hall–Kier alpha value is -2.46. The molecule has 102 valence electrons. The normalized spacial score (nSPS) is 13.3. The molecule has 2 aromatic heterocycles. The third-order valence-corrected chi connectivity index (χ3v) is 4.53. The summed E-state index contributed by atoms with van der Waals surface area (Å²) in [6, 6.07) is 9.37. The molecule has 0 saturated heterocycles. The van der Waals surface area contributed by atoms with Crippen molar-refractivity contribution in [2.75, 3.05) is 0 Å². The fourth-order valence-corrected chi connectivity index (χ4v) is 3.39. The van der Waals surface area contributed by atoms with Crippen LogP contribution in [0, 0.1) is 0 Å². The van der Waals surface area contributed by atoms with Gasteiger partial charge >= 0.3 is 5.63 Å². The van der Waals surface area contributed by atoms with Gasteiger partial charge in [0, 0.05) is 16.7 Å². The van der Waals surface area contributed by atoms with Crippen LogP contribution in [0.5, 0.6) is 0 Å². The molecule has 0 spiro atoms. The number of hydrogen-bond acceptors (Lipinski definition) is 4. The van der Waals surface area contributed by atoms with E-state index in [1.807, 2.05) is 42.5 Å². The summed E-state index contributed by atoms with van der Waals surface area (Å²) < 4.78 is 5.38. The summed E-state index contributed by atoms with van der Waals surface area (Å²) in [6.07, 6.45) is 8.89. The summed E-state index contributed by atoms with van der Waals surface area (Å²) in [5.74, 6) is 0. The number of para-hydroxylation sites is 1. The van der Waals surface area contributed by atoms with Crippen molar-refractivity contribution in [2.24, 2.45) is 0 Å². The molecule has 4 rings (SSSR count). The van der Waals surface area contributed by atoms with Crippen molar-refractivity contribution >= 4 is 28.4 Å². The fraction of sp³-hybridized carbons (Fsp3) is 0.0588. The summed E-state index contributed by atoms with van der Waals surface area (Å²) >= 11 is 1.55. The van der Waals surface area contributed by atoms with E-state index in [9.17, 15) is 4.79 Å². The van der Waals surface area contributed by atoms with E-state index in [0.29, 0.717) is 11.1 Å². The zero-order valence-corrected chi connectivity index (χ0v) is 11.9. The first-order valence-electron chi connectivity index (χ1n) is 6.67. The second kappa shape index (κ2) is 4.82. The Bertz CT molecular complexity index is 947. The maximum absolute atomic E-state index is 12.2. The standard InChI is InChI=1S/C17H11NO2S/c19-17-12(10-11-6-4-5-8-14(11)20-17)16-18-13-7-2-1-3-9-15(13)21-16/h1-8,10H,9H2. The molecule has 2 heterocycles. The van der Waals surface area contributed by atoms with Gasteiger partial charge in [0.15, 0.2) is 0 Å². The number of aromatic nitrogens is 1. The largest absolute Gasteiger partial charge is 0.422 e. The zero-order chi connectivity index (χ0) is 14.2. The van der Waals surface area contributed by atoms with E-state index in [2.05, 4.69) is 11.1 Å². The van der Waals surface area contributed by atoms with Crippen molar-refractivity contribution in [3.63, 3.8) is 0 Å². The smallest absolute Gasteiger partial charge is 0.346 e. The van der Waals surface area contributed by atoms with Crippen molar-refractivity contribution < 1.29 is 4.42 Å². The van der Waals surface area contributed by atoms with E-state index in [0.717, 1.165) is 22.5 Å². The summed E-state index contributed by atoms with van der Waals surface area (Å²) in [6.45, 7) is 0. The van der Waals surface area contributed by atoms with Crippen LogP contribution in [-0.2, 0) is 6.42 Å². The van der Waals surface area contributed by atoms with E-state index >= 15 is 0 Å². The molecule has 3 aromatic rings. The van der Waals surface area contributed by atoms with Crippen LogP contribution in [-0.4, -0.2) is 4.98 Å².